The molecule has 0 radical (unpaired) electrons. The lowest BCUT2D eigenvalue weighted by molar-refractivity contribution is -0.132. The highest BCUT2D eigenvalue weighted by atomic mass is 35.5. The molecule has 166 valence electrons. The van der Waals surface area contributed by atoms with Gasteiger partial charge in [-0.05, 0) is 66.3 Å². The van der Waals surface area contributed by atoms with Crippen LogP contribution in [-0.2, 0) is 11.2 Å². The largest absolute Gasteiger partial charge is 0.492 e. The summed E-state index contributed by atoms with van der Waals surface area (Å²) in [6.45, 7) is 5.03. The van der Waals surface area contributed by atoms with E-state index < -0.39 is 5.41 Å². The van der Waals surface area contributed by atoms with Crippen LogP contribution in [0.15, 0.2) is 72.8 Å². The van der Waals surface area contributed by atoms with E-state index in [0.29, 0.717) is 29.6 Å². The SMILES string of the molecule is CC(c1ccc(Cl)cc1)C(CNC(=O)C1(C)COc2ccccc2C1)c1ccc(Cl)cc1. The second kappa shape index (κ2) is 9.56. The predicted molar refractivity (Wildman–Crippen MR) is 131 cm³/mol. The van der Waals surface area contributed by atoms with E-state index in [2.05, 4.69) is 12.2 Å². The molecule has 0 spiro atoms. The summed E-state index contributed by atoms with van der Waals surface area (Å²) in [5.74, 6) is 1.13. The van der Waals surface area contributed by atoms with E-state index in [4.69, 9.17) is 27.9 Å². The zero-order valence-electron chi connectivity index (χ0n) is 18.3. The molecule has 3 aromatic carbocycles. The van der Waals surface area contributed by atoms with Crippen LogP contribution in [0.3, 0.4) is 0 Å². The average molecular weight is 468 g/mol. The molecule has 0 bridgehead atoms. The molecule has 0 fully saturated rings. The van der Waals surface area contributed by atoms with Gasteiger partial charge in [-0.2, -0.15) is 0 Å². The second-order valence-electron chi connectivity index (χ2n) is 8.84. The van der Waals surface area contributed by atoms with Crippen LogP contribution in [0, 0.1) is 5.41 Å². The van der Waals surface area contributed by atoms with Crippen LogP contribution in [0.25, 0.3) is 0 Å². The van der Waals surface area contributed by atoms with E-state index in [1.165, 1.54) is 5.56 Å². The highest BCUT2D eigenvalue weighted by Gasteiger charge is 2.38. The Kier molecular flexibility index (Phi) is 6.78. The maximum atomic E-state index is 13.3. The maximum absolute atomic E-state index is 13.3. The van der Waals surface area contributed by atoms with Crippen LogP contribution in [0.5, 0.6) is 5.75 Å². The van der Waals surface area contributed by atoms with Gasteiger partial charge in [0.1, 0.15) is 12.4 Å². The Balaban J connectivity index is 1.53. The van der Waals surface area contributed by atoms with E-state index >= 15 is 0 Å². The summed E-state index contributed by atoms with van der Waals surface area (Å²) in [5.41, 5.74) is 2.76. The first-order valence-corrected chi connectivity index (χ1v) is 11.6. The molecule has 3 nitrogen and oxygen atoms in total. The van der Waals surface area contributed by atoms with Crippen LogP contribution in [0.2, 0.25) is 10.0 Å². The van der Waals surface area contributed by atoms with Gasteiger partial charge < -0.3 is 10.1 Å². The Morgan fingerprint density at radius 1 is 0.969 bits per heavy atom. The first-order chi connectivity index (χ1) is 15.4. The zero-order valence-corrected chi connectivity index (χ0v) is 19.8. The van der Waals surface area contributed by atoms with E-state index in [9.17, 15) is 4.79 Å². The molecule has 1 heterocycles. The van der Waals surface area contributed by atoms with Crippen molar-refractivity contribution in [3.05, 3.63) is 99.5 Å². The summed E-state index contributed by atoms with van der Waals surface area (Å²) in [5, 5.41) is 4.63. The van der Waals surface area contributed by atoms with E-state index in [-0.39, 0.29) is 17.7 Å². The number of nitrogens with one attached hydrogen (secondary N) is 1. The lowest BCUT2D eigenvalue weighted by Gasteiger charge is -2.34. The van der Waals surface area contributed by atoms with Crippen molar-refractivity contribution in [2.45, 2.75) is 32.1 Å². The molecule has 0 saturated heterocycles. The number of amides is 1. The van der Waals surface area contributed by atoms with E-state index in [1.54, 1.807) is 0 Å². The van der Waals surface area contributed by atoms with Gasteiger partial charge in [0.15, 0.2) is 0 Å². The quantitative estimate of drug-likeness (QED) is 0.441. The standard InChI is InChI=1S/C27H27Cl2NO2/c1-18(19-7-11-22(28)12-8-19)24(20-9-13-23(29)14-10-20)16-30-26(31)27(2)15-21-5-3-4-6-25(21)32-17-27/h3-14,18,24H,15-17H2,1-2H3,(H,30,31). The number of fused-ring (bicyclic) bond motifs is 1. The van der Waals surface area contributed by atoms with Gasteiger partial charge in [-0.25, -0.2) is 0 Å². The fraction of sp³-hybridized carbons (Fsp3) is 0.296. The highest BCUT2D eigenvalue weighted by molar-refractivity contribution is 6.30. The molecule has 3 unspecified atom stereocenters. The Hall–Kier alpha value is -2.49. The topological polar surface area (TPSA) is 38.3 Å². The number of ether oxygens (including phenoxy) is 1. The molecular weight excluding hydrogens is 441 g/mol. The minimum Gasteiger partial charge on any atom is -0.492 e. The van der Waals surface area contributed by atoms with Crippen LogP contribution in [0.1, 0.15) is 42.4 Å². The van der Waals surface area contributed by atoms with Crippen molar-refractivity contribution in [1.29, 1.82) is 0 Å². The monoisotopic (exact) mass is 467 g/mol. The molecule has 3 atom stereocenters. The zero-order chi connectivity index (χ0) is 22.7. The lowest BCUT2D eigenvalue weighted by atomic mass is 9.80. The summed E-state index contributed by atoms with van der Waals surface area (Å²) in [4.78, 5) is 13.3. The molecule has 0 saturated carbocycles. The number of rotatable bonds is 6. The Labute approximate surface area is 199 Å². The Morgan fingerprint density at radius 2 is 1.56 bits per heavy atom. The molecule has 1 aliphatic heterocycles. The molecule has 1 N–H and O–H groups in total. The van der Waals surface area contributed by atoms with Crippen molar-refractivity contribution in [1.82, 2.24) is 5.32 Å². The van der Waals surface area contributed by atoms with Crippen molar-refractivity contribution in [2.75, 3.05) is 13.2 Å². The van der Waals surface area contributed by atoms with Gasteiger partial charge in [0.2, 0.25) is 5.91 Å². The summed E-state index contributed by atoms with van der Waals surface area (Å²) in [6.07, 6.45) is 0.660. The van der Waals surface area contributed by atoms with Gasteiger partial charge in [0, 0.05) is 22.5 Å². The molecule has 1 amide bonds. The first-order valence-electron chi connectivity index (χ1n) is 10.9. The minimum absolute atomic E-state index is 0.00859. The molecule has 0 aliphatic carbocycles. The van der Waals surface area contributed by atoms with Gasteiger partial charge in [-0.1, -0.05) is 72.6 Å². The van der Waals surface area contributed by atoms with E-state index in [1.807, 2.05) is 79.7 Å². The molecular formula is C27H27Cl2NO2. The molecule has 5 heteroatoms. The van der Waals surface area contributed by atoms with Crippen LogP contribution >= 0.6 is 23.2 Å². The van der Waals surface area contributed by atoms with Crippen LogP contribution in [-0.4, -0.2) is 19.1 Å². The number of hydrogen-bond acceptors (Lipinski definition) is 2. The van der Waals surface area contributed by atoms with Gasteiger partial charge in [0.05, 0.1) is 5.41 Å². The summed E-state index contributed by atoms with van der Waals surface area (Å²) < 4.78 is 5.90. The molecule has 0 aromatic heterocycles. The fourth-order valence-corrected chi connectivity index (χ4v) is 4.60. The maximum Gasteiger partial charge on any atom is 0.229 e. The van der Waals surface area contributed by atoms with E-state index in [0.717, 1.165) is 16.9 Å². The van der Waals surface area contributed by atoms with Crippen molar-refractivity contribution in [3.63, 3.8) is 0 Å². The van der Waals surface area contributed by atoms with Gasteiger partial charge in [-0.3, -0.25) is 4.79 Å². The first kappa shape index (κ1) is 22.7. The fourth-order valence-electron chi connectivity index (χ4n) is 4.35. The third-order valence-electron chi connectivity index (χ3n) is 6.43. The Bertz CT molecular complexity index is 1080. The summed E-state index contributed by atoms with van der Waals surface area (Å²) >= 11 is 12.2. The number of para-hydroxylation sites is 1. The molecule has 3 aromatic rings. The normalized spacial score (nSPS) is 19.4. The Morgan fingerprint density at radius 3 is 2.22 bits per heavy atom. The number of carbonyl (C=O) groups is 1. The summed E-state index contributed by atoms with van der Waals surface area (Å²) in [6, 6.07) is 23.7. The average Bonchev–Trinajstić information content (AvgIpc) is 2.80. The minimum atomic E-state index is -0.609. The van der Waals surface area contributed by atoms with Crippen molar-refractivity contribution in [3.8, 4) is 5.75 Å². The van der Waals surface area contributed by atoms with Gasteiger partial charge in [0.25, 0.3) is 0 Å². The van der Waals surface area contributed by atoms with Gasteiger partial charge in [-0.15, -0.1) is 0 Å². The number of halogens is 2. The number of carbonyl (C=O) groups excluding carboxylic acids is 1. The summed E-state index contributed by atoms with van der Waals surface area (Å²) in [7, 11) is 0. The predicted octanol–water partition coefficient (Wildman–Crippen LogP) is 6.64. The van der Waals surface area contributed by atoms with Crippen molar-refractivity contribution in [2.24, 2.45) is 5.41 Å². The third kappa shape index (κ3) is 4.95. The molecule has 1 aliphatic rings. The van der Waals surface area contributed by atoms with Crippen molar-refractivity contribution >= 4 is 29.1 Å². The molecule has 4 rings (SSSR count). The van der Waals surface area contributed by atoms with Gasteiger partial charge >= 0.3 is 0 Å². The van der Waals surface area contributed by atoms with Crippen LogP contribution < -0.4 is 10.1 Å². The van der Waals surface area contributed by atoms with Crippen molar-refractivity contribution < 1.29 is 9.53 Å². The number of benzene rings is 3. The second-order valence-corrected chi connectivity index (χ2v) is 9.72. The lowest BCUT2D eigenvalue weighted by Crippen LogP contribution is -2.47. The van der Waals surface area contributed by atoms with Crippen LogP contribution in [0.4, 0.5) is 0 Å². The highest BCUT2D eigenvalue weighted by Crippen LogP contribution is 2.36. The number of hydrogen-bond donors (Lipinski definition) is 1. The smallest absolute Gasteiger partial charge is 0.229 e. The molecule has 32 heavy (non-hydrogen) atoms. The third-order valence-corrected chi connectivity index (χ3v) is 6.93.